The third kappa shape index (κ3) is 4.54. The molecule has 1 aromatic heterocycles. The molecule has 146 valence electrons. The Morgan fingerprint density at radius 3 is 2.56 bits per heavy atom. The number of methoxy groups -OCH3 is 1. The van der Waals surface area contributed by atoms with Crippen LogP contribution in [-0.2, 0) is 13.6 Å². The van der Waals surface area contributed by atoms with Crippen LogP contribution in [0, 0.1) is 13.8 Å². The van der Waals surface area contributed by atoms with Crippen LogP contribution in [0.15, 0.2) is 18.2 Å². The highest BCUT2D eigenvalue weighted by Crippen LogP contribution is 2.28. The molecule has 2 heterocycles. The second-order valence-corrected chi connectivity index (χ2v) is 7.63. The molecule has 0 aliphatic carbocycles. The molecule has 0 unspecified atom stereocenters. The molecule has 0 bridgehead atoms. The van der Waals surface area contributed by atoms with Gasteiger partial charge in [-0.15, -0.1) is 0 Å². The number of aromatic nitrogens is 2. The van der Waals surface area contributed by atoms with Crippen molar-refractivity contribution in [2.24, 2.45) is 7.05 Å². The molecule has 0 amide bonds. The maximum Gasteiger partial charge on any atom is 0.173 e. The average Bonchev–Trinajstić information content (AvgIpc) is 2.88. The number of ether oxygens (including phenoxy) is 1. The predicted octanol–water partition coefficient (Wildman–Crippen LogP) is 3.21. The number of halogens is 1. The van der Waals surface area contributed by atoms with E-state index in [1.54, 1.807) is 13.2 Å². The van der Waals surface area contributed by atoms with Crippen molar-refractivity contribution < 1.29 is 4.74 Å². The molecule has 1 fully saturated rings. The summed E-state index contributed by atoms with van der Waals surface area (Å²) in [7, 11) is 3.64. The lowest BCUT2D eigenvalue weighted by atomic mass is 10.1. The van der Waals surface area contributed by atoms with E-state index in [1.165, 1.54) is 11.3 Å². The Morgan fingerprint density at radius 2 is 1.96 bits per heavy atom. The molecule has 1 aliphatic rings. The van der Waals surface area contributed by atoms with Crippen molar-refractivity contribution in [1.82, 2.24) is 19.6 Å². The minimum absolute atomic E-state index is 0.646. The van der Waals surface area contributed by atoms with E-state index in [0.717, 1.165) is 49.9 Å². The molecule has 1 N–H and O–H groups in total. The van der Waals surface area contributed by atoms with Crippen LogP contribution in [-0.4, -0.2) is 58.0 Å². The summed E-state index contributed by atoms with van der Waals surface area (Å²) in [5.74, 6) is 0.725. The molecule has 1 aromatic carbocycles. The van der Waals surface area contributed by atoms with Crippen molar-refractivity contribution in [2.75, 3.05) is 38.6 Å². The summed E-state index contributed by atoms with van der Waals surface area (Å²) in [5.41, 5.74) is 4.47. The lowest BCUT2D eigenvalue weighted by Gasteiger charge is -2.36. The molecule has 0 saturated carbocycles. The van der Waals surface area contributed by atoms with Gasteiger partial charge in [0.15, 0.2) is 5.11 Å². The number of rotatable bonds is 4. The van der Waals surface area contributed by atoms with Crippen LogP contribution >= 0.6 is 23.8 Å². The second-order valence-electron chi connectivity index (χ2n) is 6.81. The topological polar surface area (TPSA) is 45.6 Å². The van der Waals surface area contributed by atoms with Crippen LogP contribution in [0.25, 0.3) is 0 Å². The standard InChI is InChI=1S/C19H26ClN5OS/c1-13-16(14(2)23(3)22-13)12-24-7-9-25(10-8-24)19(27)21-17-11-15(20)5-6-18(17)26-4/h5-6,11H,7-10,12H2,1-4H3,(H,21,27). The Bertz CT molecular complexity index is 830. The summed E-state index contributed by atoms with van der Waals surface area (Å²) in [4.78, 5) is 4.64. The zero-order valence-electron chi connectivity index (χ0n) is 16.3. The van der Waals surface area contributed by atoms with E-state index in [4.69, 9.17) is 28.6 Å². The molecular formula is C19H26ClN5OS. The summed E-state index contributed by atoms with van der Waals surface area (Å²) in [6.07, 6.45) is 0. The van der Waals surface area contributed by atoms with Crippen LogP contribution in [0.1, 0.15) is 17.0 Å². The van der Waals surface area contributed by atoms with Crippen molar-refractivity contribution in [3.05, 3.63) is 40.2 Å². The molecular weight excluding hydrogens is 382 g/mol. The molecule has 6 nitrogen and oxygen atoms in total. The second kappa shape index (κ2) is 8.46. The molecule has 1 aliphatic heterocycles. The summed E-state index contributed by atoms with van der Waals surface area (Å²) in [6.45, 7) is 8.82. The Hall–Kier alpha value is -1.83. The van der Waals surface area contributed by atoms with Gasteiger partial charge in [-0.25, -0.2) is 0 Å². The van der Waals surface area contributed by atoms with E-state index >= 15 is 0 Å². The van der Waals surface area contributed by atoms with E-state index in [1.807, 2.05) is 23.9 Å². The first-order valence-electron chi connectivity index (χ1n) is 9.00. The smallest absolute Gasteiger partial charge is 0.173 e. The fourth-order valence-electron chi connectivity index (χ4n) is 3.35. The van der Waals surface area contributed by atoms with Gasteiger partial charge >= 0.3 is 0 Å². The van der Waals surface area contributed by atoms with Gasteiger partial charge in [-0.3, -0.25) is 9.58 Å². The van der Waals surface area contributed by atoms with Gasteiger partial charge in [-0.2, -0.15) is 5.10 Å². The first-order chi connectivity index (χ1) is 12.9. The van der Waals surface area contributed by atoms with Crippen LogP contribution in [0.5, 0.6) is 5.75 Å². The Labute approximate surface area is 171 Å². The highest BCUT2D eigenvalue weighted by Gasteiger charge is 2.21. The number of nitrogens with one attached hydrogen (secondary N) is 1. The zero-order valence-corrected chi connectivity index (χ0v) is 17.8. The molecule has 0 atom stereocenters. The van der Waals surface area contributed by atoms with E-state index < -0.39 is 0 Å². The van der Waals surface area contributed by atoms with Gasteiger partial charge in [0.2, 0.25) is 0 Å². The van der Waals surface area contributed by atoms with Gasteiger partial charge < -0.3 is 15.0 Å². The van der Waals surface area contributed by atoms with E-state index in [-0.39, 0.29) is 0 Å². The fourth-order valence-corrected chi connectivity index (χ4v) is 3.82. The lowest BCUT2D eigenvalue weighted by Crippen LogP contribution is -2.49. The number of hydrogen-bond acceptors (Lipinski definition) is 4. The maximum absolute atomic E-state index is 6.10. The molecule has 8 heteroatoms. The first kappa shape index (κ1) is 19.9. The largest absolute Gasteiger partial charge is 0.495 e. The van der Waals surface area contributed by atoms with Crippen molar-refractivity contribution in [3.8, 4) is 5.75 Å². The summed E-state index contributed by atoms with van der Waals surface area (Å²) in [5, 5.41) is 9.13. The number of anilines is 1. The Morgan fingerprint density at radius 1 is 1.26 bits per heavy atom. The first-order valence-corrected chi connectivity index (χ1v) is 9.78. The number of nitrogens with zero attached hydrogens (tertiary/aromatic N) is 4. The monoisotopic (exact) mass is 407 g/mol. The van der Waals surface area contributed by atoms with Crippen molar-refractivity contribution in [3.63, 3.8) is 0 Å². The number of aryl methyl sites for hydroxylation is 2. The van der Waals surface area contributed by atoms with E-state index in [0.29, 0.717) is 10.1 Å². The molecule has 3 rings (SSSR count). The van der Waals surface area contributed by atoms with Gasteiger partial charge in [-0.1, -0.05) is 11.6 Å². The molecule has 0 radical (unpaired) electrons. The summed E-state index contributed by atoms with van der Waals surface area (Å²) < 4.78 is 7.34. The molecule has 2 aromatic rings. The van der Waals surface area contributed by atoms with Crippen LogP contribution < -0.4 is 10.1 Å². The zero-order chi connectivity index (χ0) is 19.6. The van der Waals surface area contributed by atoms with E-state index in [9.17, 15) is 0 Å². The average molecular weight is 408 g/mol. The molecule has 0 spiro atoms. The predicted molar refractivity (Wildman–Crippen MR) is 114 cm³/mol. The Balaban J connectivity index is 1.57. The van der Waals surface area contributed by atoms with Gasteiger partial charge in [0, 0.05) is 56.1 Å². The number of benzene rings is 1. The molecule has 1 saturated heterocycles. The van der Waals surface area contributed by atoms with Crippen molar-refractivity contribution in [2.45, 2.75) is 20.4 Å². The van der Waals surface area contributed by atoms with Gasteiger partial charge in [-0.05, 0) is 44.3 Å². The van der Waals surface area contributed by atoms with Crippen molar-refractivity contribution in [1.29, 1.82) is 0 Å². The minimum Gasteiger partial charge on any atom is -0.495 e. The maximum atomic E-state index is 6.10. The summed E-state index contributed by atoms with van der Waals surface area (Å²) in [6, 6.07) is 5.47. The van der Waals surface area contributed by atoms with Gasteiger partial charge in [0.1, 0.15) is 5.75 Å². The van der Waals surface area contributed by atoms with Crippen molar-refractivity contribution >= 4 is 34.6 Å². The third-order valence-corrected chi connectivity index (χ3v) is 5.70. The van der Waals surface area contributed by atoms with Crippen LogP contribution in [0.2, 0.25) is 5.02 Å². The third-order valence-electron chi connectivity index (χ3n) is 5.10. The Kier molecular flexibility index (Phi) is 6.24. The van der Waals surface area contributed by atoms with Crippen LogP contribution in [0.4, 0.5) is 5.69 Å². The quantitative estimate of drug-likeness (QED) is 0.785. The highest BCUT2D eigenvalue weighted by molar-refractivity contribution is 7.80. The fraction of sp³-hybridized carbons (Fsp3) is 0.474. The molecule has 27 heavy (non-hydrogen) atoms. The lowest BCUT2D eigenvalue weighted by molar-refractivity contribution is 0.176. The SMILES string of the molecule is COc1ccc(Cl)cc1NC(=S)N1CCN(Cc2c(C)nn(C)c2C)CC1. The van der Waals surface area contributed by atoms with E-state index in [2.05, 4.69) is 34.1 Å². The van der Waals surface area contributed by atoms with Crippen LogP contribution in [0.3, 0.4) is 0 Å². The number of thiocarbonyl (C=S) groups is 1. The normalized spacial score (nSPS) is 15.1. The number of piperazine rings is 1. The minimum atomic E-state index is 0.646. The number of hydrogen-bond donors (Lipinski definition) is 1. The van der Waals surface area contributed by atoms with Gasteiger partial charge in [0.05, 0.1) is 18.5 Å². The van der Waals surface area contributed by atoms with Gasteiger partial charge in [0.25, 0.3) is 0 Å². The summed E-state index contributed by atoms with van der Waals surface area (Å²) >= 11 is 11.7. The highest BCUT2D eigenvalue weighted by atomic mass is 35.5.